The Hall–Kier alpha value is -3.88. The van der Waals surface area contributed by atoms with Gasteiger partial charge in [0.15, 0.2) is 6.61 Å². The Balaban J connectivity index is 1.51. The Bertz CT molecular complexity index is 1000. The van der Waals surface area contributed by atoms with E-state index < -0.39 is 30.4 Å². The van der Waals surface area contributed by atoms with Crippen LogP contribution in [0.2, 0.25) is 0 Å². The van der Waals surface area contributed by atoms with Crippen LogP contribution in [-0.4, -0.2) is 50.6 Å². The Morgan fingerprint density at radius 3 is 2.47 bits per heavy atom. The summed E-state index contributed by atoms with van der Waals surface area (Å²) in [7, 11) is 1.51. The summed E-state index contributed by atoms with van der Waals surface area (Å²) in [6, 6.07) is 13.2. The molecule has 2 amide bonds. The molecule has 9 nitrogen and oxygen atoms in total. The van der Waals surface area contributed by atoms with Crippen molar-refractivity contribution in [2.24, 2.45) is 5.92 Å². The molecule has 2 aromatic rings. The van der Waals surface area contributed by atoms with Gasteiger partial charge in [-0.3, -0.25) is 14.4 Å². The lowest BCUT2D eigenvalue weighted by Gasteiger charge is -2.19. The third-order valence-corrected chi connectivity index (χ3v) is 4.86. The van der Waals surface area contributed by atoms with Gasteiger partial charge in [0.05, 0.1) is 30.9 Å². The summed E-state index contributed by atoms with van der Waals surface area (Å²) in [5, 5.41) is 2.58. The van der Waals surface area contributed by atoms with Crippen molar-refractivity contribution in [1.82, 2.24) is 0 Å². The minimum Gasteiger partial charge on any atom is -0.495 e. The molecule has 0 bridgehead atoms. The third kappa shape index (κ3) is 5.42. The van der Waals surface area contributed by atoms with E-state index in [9.17, 15) is 19.2 Å². The molecule has 1 atom stereocenters. The van der Waals surface area contributed by atoms with Gasteiger partial charge in [-0.05, 0) is 43.3 Å². The first-order valence-electron chi connectivity index (χ1n) is 10.1. The maximum atomic E-state index is 12.4. The highest BCUT2D eigenvalue weighted by Crippen LogP contribution is 2.33. The number of benzene rings is 2. The van der Waals surface area contributed by atoms with Crippen LogP contribution in [0.4, 0.5) is 11.4 Å². The molecule has 1 heterocycles. The molecule has 9 heteroatoms. The van der Waals surface area contributed by atoms with Crippen LogP contribution in [0, 0.1) is 5.92 Å². The summed E-state index contributed by atoms with van der Waals surface area (Å²) in [4.78, 5) is 50.0. The Labute approximate surface area is 185 Å². The lowest BCUT2D eigenvalue weighted by Crippen LogP contribution is -2.28. The van der Waals surface area contributed by atoms with Crippen LogP contribution in [-0.2, 0) is 23.9 Å². The highest BCUT2D eigenvalue weighted by Gasteiger charge is 2.37. The number of rotatable bonds is 8. The molecule has 1 fully saturated rings. The number of anilines is 2. The number of amides is 2. The van der Waals surface area contributed by atoms with Crippen LogP contribution in [0.15, 0.2) is 48.5 Å². The fraction of sp³-hybridized carbons (Fsp3) is 0.304. The Morgan fingerprint density at radius 2 is 1.78 bits per heavy atom. The Kier molecular flexibility index (Phi) is 7.43. The van der Waals surface area contributed by atoms with E-state index in [2.05, 4.69) is 5.32 Å². The smallest absolute Gasteiger partial charge is 0.338 e. The molecule has 168 valence electrons. The molecule has 32 heavy (non-hydrogen) atoms. The van der Waals surface area contributed by atoms with Crippen molar-refractivity contribution in [3.05, 3.63) is 54.1 Å². The van der Waals surface area contributed by atoms with Gasteiger partial charge in [-0.2, -0.15) is 0 Å². The van der Waals surface area contributed by atoms with Crippen molar-refractivity contribution in [2.45, 2.75) is 13.3 Å². The average Bonchev–Trinajstić information content (AvgIpc) is 3.19. The van der Waals surface area contributed by atoms with Gasteiger partial charge in [-0.1, -0.05) is 12.1 Å². The number of hydrogen-bond donors (Lipinski definition) is 1. The van der Waals surface area contributed by atoms with Gasteiger partial charge in [0.1, 0.15) is 5.75 Å². The monoisotopic (exact) mass is 440 g/mol. The molecule has 0 aromatic heterocycles. The molecule has 0 saturated carbocycles. The second kappa shape index (κ2) is 10.4. The number of nitrogens with zero attached hydrogens (tertiary/aromatic N) is 1. The fourth-order valence-corrected chi connectivity index (χ4v) is 3.31. The van der Waals surface area contributed by atoms with E-state index in [1.54, 1.807) is 43.3 Å². The zero-order chi connectivity index (χ0) is 23.1. The van der Waals surface area contributed by atoms with Crippen LogP contribution in [0.25, 0.3) is 0 Å². The normalized spacial score (nSPS) is 15.2. The van der Waals surface area contributed by atoms with Gasteiger partial charge in [0, 0.05) is 18.7 Å². The quantitative estimate of drug-likeness (QED) is 0.628. The van der Waals surface area contributed by atoms with Crippen molar-refractivity contribution in [1.29, 1.82) is 0 Å². The summed E-state index contributed by atoms with van der Waals surface area (Å²) >= 11 is 0. The summed E-state index contributed by atoms with van der Waals surface area (Å²) < 4.78 is 15.3. The Morgan fingerprint density at radius 1 is 1.06 bits per heavy atom. The molecular weight excluding hydrogens is 416 g/mol. The van der Waals surface area contributed by atoms with Gasteiger partial charge >= 0.3 is 11.9 Å². The van der Waals surface area contributed by atoms with Gasteiger partial charge < -0.3 is 24.4 Å². The zero-order valence-corrected chi connectivity index (χ0v) is 17.8. The molecule has 0 unspecified atom stereocenters. The first-order valence-corrected chi connectivity index (χ1v) is 10.1. The number of nitrogens with one attached hydrogen (secondary N) is 1. The van der Waals surface area contributed by atoms with E-state index in [0.717, 1.165) is 0 Å². The molecule has 0 radical (unpaired) electrons. The molecular formula is C23H24N2O7. The number of hydrogen-bond acceptors (Lipinski definition) is 7. The number of para-hydroxylation sites is 2. The molecule has 1 saturated heterocycles. The molecule has 1 N–H and O–H groups in total. The number of ether oxygens (including phenoxy) is 3. The van der Waals surface area contributed by atoms with E-state index in [1.165, 1.54) is 24.1 Å². The van der Waals surface area contributed by atoms with E-state index in [1.807, 2.05) is 0 Å². The highest BCUT2D eigenvalue weighted by atomic mass is 16.5. The second-order valence-electron chi connectivity index (χ2n) is 7.03. The largest absolute Gasteiger partial charge is 0.495 e. The van der Waals surface area contributed by atoms with Gasteiger partial charge in [-0.15, -0.1) is 0 Å². The van der Waals surface area contributed by atoms with E-state index in [-0.39, 0.29) is 25.5 Å². The van der Waals surface area contributed by atoms with Crippen molar-refractivity contribution in [3.8, 4) is 5.75 Å². The SMILES string of the molecule is CCOC(=O)c1ccc(NC(=O)COC(=O)[C@@H]2CC(=O)N(c3ccccc3OC)C2)cc1. The van der Waals surface area contributed by atoms with Gasteiger partial charge in [-0.25, -0.2) is 4.79 Å². The van der Waals surface area contributed by atoms with Gasteiger partial charge in [0.2, 0.25) is 5.91 Å². The second-order valence-corrected chi connectivity index (χ2v) is 7.03. The van der Waals surface area contributed by atoms with E-state index in [4.69, 9.17) is 14.2 Å². The summed E-state index contributed by atoms with van der Waals surface area (Å²) in [5.41, 5.74) is 1.39. The highest BCUT2D eigenvalue weighted by molar-refractivity contribution is 6.01. The fourth-order valence-electron chi connectivity index (χ4n) is 3.31. The molecule has 2 aromatic carbocycles. The van der Waals surface area contributed by atoms with Crippen LogP contribution in [0.1, 0.15) is 23.7 Å². The van der Waals surface area contributed by atoms with E-state index >= 15 is 0 Å². The van der Waals surface area contributed by atoms with Crippen LogP contribution < -0.4 is 15.0 Å². The predicted molar refractivity (Wildman–Crippen MR) is 115 cm³/mol. The summed E-state index contributed by atoms with van der Waals surface area (Å²) in [6.45, 7) is 1.64. The average molecular weight is 440 g/mol. The lowest BCUT2D eigenvalue weighted by molar-refractivity contribution is -0.151. The molecule has 0 spiro atoms. The van der Waals surface area contributed by atoms with Crippen molar-refractivity contribution < 1.29 is 33.4 Å². The maximum absolute atomic E-state index is 12.4. The third-order valence-electron chi connectivity index (χ3n) is 4.86. The van der Waals surface area contributed by atoms with Crippen LogP contribution in [0.5, 0.6) is 5.75 Å². The zero-order valence-electron chi connectivity index (χ0n) is 17.8. The molecule has 1 aliphatic rings. The van der Waals surface area contributed by atoms with Crippen molar-refractivity contribution in [2.75, 3.05) is 37.1 Å². The molecule has 1 aliphatic heterocycles. The first kappa shape index (κ1) is 22.8. The molecule has 3 rings (SSSR count). The minimum atomic E-state index is -0.677. The van der Waals surface area contributed by atoms with Crippen molar-refractivity contribution in [3.63, 3.8) is 0 Å². The summed E-state index contributed by atoms with van der Waals surface area (Å²) in [5.74, 6) is -1.97. The van der Waals surface area contributed by atoms with Gasteiger partial charge in [0.25, 0.3) is 5.91 Å². The number of esters is 2. The maximum Gasteiger partial charge on any atom is 0.338 e. The topological polar surface area (TPSA) is 111 Å². The number of carbonyl (C=O) groups excluding carboxylic acids is 4. The number of methoxy groups -OCH3 is 1. The lowest BCUT2D eigenvalue weighted by atomic mass is 10.1. The first-order chi connectivity index (χ1) is 15.4. The standard InChI is InChI=1S/C23H24N2O7/c1-3-31-22(28)15-8-10-17(11-9-15)24-20(26)14-32-23(29)16-12-21(27)25(13-16)18-6-4-5-7-19(18)30-2/h4-11,16H,3,12-14H2,1-2H3,(H,24,26)/t16-/m1/s1. The van der Waals surface area contributed by atoms with Crippen LogP contribution in [0.3, 0.4) is 0 Å². The van der Waals surface area contributed by atoms with E-state index in [0.29, 0.717) is 22.7 Å². The van der Waals surface area contributed by atoms with Crippen molar-refractivity contribution >= 4 is 35.1 Å². The van der Waals surface area contributed by atoms with Crippen LogP contribution >= 0.6 is 0 Å². The summed E-state index contributed by atoms with van der Waals surface area (Å²) in [6.07, 6.45) is -0.00613. The number of carbonyl (C=O) groups is 4. The minimum absolute atomic E-state index is 0.00613. The predicted octanol–water partition coefficient (Wildman–Crippen LogP) is 2.41. The molecule has 0 aliphatic carbocycles.